The zero-order valence-electron chi connectivity index (χ0n) is 15.3. The van der Waals surface area contributed by atoms with Crippen molar-refractivity contribution >= 4 is 17.7 Å². The quantitative estimate of drug-likeness (QED) is 0.891. The smallest absolute Gasteiger partial charge is 0.411 e. The van der Waals surface area contributed by atoms with Crippen LogP contribution in [0.2, 0.25) is 0 Å². The highest BCUT2D eigenvalue weighted by atomic mass is 16.6. The van der Waals surface area contributed by atoms with Crippen LogP contribution in [-0.2, 0) is 16.0 Å². The van der Waals surface area contributed by atoms with Gasteiger partial charge in [0, 0.05) is 12.2 Å². The molecule has 1 heterocycles. The summed E-state index contributed by atoms with van der Waals surface area (Å²) in [7, 11) is 0. The van der Waals surface area contributed by atoms with E-state index in [4.69, 9.17) is 4.74 Å². The highest BCUT2D eigenvalue weighted by molar-refractivity contribution is 5.97. The number of benzene rings is 2. The van der Waals surface area contributed by atoms with E-state index in [1.807, 2.05) is 45.0 Å². The Morgan fingerprint density at radius 2 is 1.96 bits per heavy atom. The van der Waals surface area contributed by atoms with Gasteiger partial charge >= 0.3 is 6.09 Å². The molecule has 0 saturated heterocycles. The largest absolute Gasteiger partial charge is 0.444 e. The lowest BCUT2D eigenvalue weighted by Gasteiger charge is -2.37. The fraction of sp³-hybridized carbons (Fsp3) is 0.333. The maximum Gasteiger partial charge on any atom is 0.411 e. The van der Waals surface area contributed by atoms with E-state index in [2.05, 4.69) is 11.4 Å². The lowest BCUT2D eigenvalue weighted by Crippen LogP contribution is -2.47. The molecule has 135 valence electrons. The predicted molar refractivity (Wildman–Crippen MR) is 99.7 cm³/mol. The molecule has 1 aliphatic heterocycles. The van der Waals surface area contributed by atoms with Crippen LogP contribution in [0, 0.1) is 6.07 Å². The third-order valence-electron chi connectivity index (χ3n) is 4.13. The Kier molecular flexibility index (Phi) is 4.98. The van der Waals surface area contributed by atoms with E-state index in [-0.39, 0.29) is 5.91 Å². The third kappa shape index (κ3) is 4.04. The number of carbonyl (C=O) groups excluding carboxylic acids is 2. The summed E-state index contributed by atoms with van der Waals surface area (Å²) in [6.45, 7) is 5.89. The third-order valence-corrected chi connectivity index (χ3v) is 4.13. The van der Waals surface area contributed by atoms with Gasteiger partial charge in [0.15, 0.2) is 0 Å². The molecule has 0 aromatic heterocycles. The fourth-order valence-corrected chi connectivity index (χ4v) is 3.05. The van der Waals surface area contributed by atoms with Gasteiger partial charge in [-0.1, -0.05) is 36.4 Å². The molecule has 1 N–H and O–H groups in total. The van der Waals surface area contributed by atoms with Gasteiger partial charge in [-0.2, -0.15) is 0 Å². The maximum absolute atomic E-state index is 13.0. The minimum absolute atomic E-state index is 0.261. The predicted octanol–water partition coefficient (Wildman–Crippen LogP) is 3.96. The molecule has 2 amide bonds. The van der Waals surface area contributed by atoms with E-state index in [9.17, 15) is 9.59 Å². The topological polar surface area (TPSA) is 58.6 Å². The van der Waals surface area contributed by atoms with Gasteiger partial charge in [0.2, 0.25) is 0 Å². The summed E-state index contributed by atoms with van der Waals surface area (Å²) < 4.78 is 5.52. The second-order valence-corrected chi connectivity index (χ2v) is 7.31. The lowest BCUT2D eigenvalue weighted by molar-refractivity contribution is -0.121. The van der Waals surface area contributed by atoms with Crippen LogP contribution in [-0.4, -0.2) is 29.0 Å². The first-order chi connectivity index (χ1) is 12.3. The van der Waals surface area contributed by atoms with E-state index in [0.29, 0.717) is 18.7 Å². The maximum atomic E-state index is 13.0. The van der Waals surface area contributed by atoms with Crippen molar-refractivity contribution in [2.75, 3.05) is 11.9 Å². The molecular weight excluding hydrogens is 328 g/mol. The Labute approximate surface area is 154 Å². The van der Waals surface area contributed by atoms with Gasteiger partial charge in [-0.3, -0.25) is 9.69 Å². The highest BCUT2D eigenvalue weighted by Gasteiger charge is 2.37. The van der Waals surface area contributed by atoms with Gasteiger partial charge in [-0.15, -0.1) is 0 Å². The van der Waals surface area contributed by atoms with Crippen LogP contribution in [0.3, 0.4) is 0 Å². The number of anilines is 1. The summed E-state index contributed by atoms with van der Waals surface area (Å²) in [5.41, 5.74) is 1.93. The zero-order valence-corrected chi connectivity index (χ0v) is 15.3. The van der Waals surface area contributed by atoms with Crippen molar-refractivity contribution in [3.8, 4) is 0 Å². The molecule has 0 bridgehead atoms. The number of nitrogens with zero attached hydrogens (tertiary/aromatic N) is 1. The van der Waals surface area contributed by atoms with Gasteiger partial charge in [-0.25, -0.2) is 4.79 Å². The number of hydrogen-bond acceptors (Lipinski definition) is 3. The van der Waals surface area contributed by atoms with Gasteiger partial charge in [0.05, 0.1) is 0 Å². The van der Waals surface area contributed by atoms with E-state index in [1.54, 1.807) is 24.3 Å². The minimum Gasteiger partial charge on any atom is -0.444 e. The first kappa shape index (κ1) is 18.0. The number of carbonyl (C=O) groups is 2. The molecule has 1 radical (unpaired) electrons. The van der Waals surface area contributed by atoms with Crippen LogP contribution >= 0.6 is 0 Å². The Morgan fingerprint density at radius 3 is 2.65 bits per heavy atom. The van der Waals surface area contributed by atoms with Crippen molar-refractivity contribution in [3.05, 3.63) is 65.7 Å². The molecule has 2 aromatic carbocycles. The van der Waals surface area contributed by atoms with E-state index < -0.39 is 17.7 Å². The molecule has 3 rings (SSSR count). The average molecular weight is 351 g/mol. The zero-order chi connectivity index (χ0) is 18.7. The van der Waals surface area contributed by atoms with Crippen molar-refractivity contribution in [2.45, 2.75) is 38.8 Å². The second kappa shape index (κ2) is 7.20. The molecule has 0 spiro atoms. The molecule has 0 saturated carbocycles. The fourth-order valence-electron chi connectivity index (χ4n) is 3.05. The molecule has 5 heteroatoms. The normalized spacial score (nSPS) is 16.6. The number of rotatable bonds is 2. The van der Waals surface area contributed by atoms with Crippen molar-refractivity contribution < 1.29 is 14.3 Å². The number of hydrogen-bond donors (Lipinski definition) is 1. The number of ether oxygens (including phenoxy) is 1. The van der Waals surface area contributed by atoms with E-state index >= 15 is 0 Å². The van der Waals surface area contributed by atoms with Crippen molar-refractivity contribution in [1.29, 1.82) is 0 Å². The van der Waals surface area contributed by atoms with Gasteiger partial charge in [-0.05, 0) is 56.5 Å². The average Bonchev–Trinajstić information content (AvgIpc) is 2.60. The van der Waals surface area contributed by atoms with Crippen molar-refractivity contribution in [1.82, 2.24) is 4.90 Å². The SMILES string of the molecule is CC(C)(C)OC(=O)N1CCc2ccccc2C1C(=O)Nc1c[c]ccc1. The van der Waals surface area contributed by atoms with Crippen LogP contribution in [0.5, 0.6) is 0 Å². The van der Waals surface area contributed by atoms with Gasteiger partial charge in [0.1, 0.15) is 11.6 Å². The highest BCUT2D eigenvalue weighted by Crippen LogP contribution is 2.32. The van der Waals surface area contributed by atoms with Crippen LogP contribution in [0.1, 0.15) is 37.9 Å². The number of fused-ring (bicyclic) bond motifs is 1. The van der Waals surface area contributed by atoms with Gasteiger partial charge in [0.25, 0.3) is 5.91 Å². The summed E-state index contributed by atoms with van der Waals surface area (Å²) in [5, 5.41) is 2.88. The van der Waals surface area contributed by atoms with Crippen LogP contribution in [0.15, 0.2) is 48.5 Å². The lowest BCUT2D eigenvalue weighted by atomic mass is 9.92. The molecule has 1 atom stereocenters. The van der Waals surface area contributed by atoms with E-state index in [0.717, 1.165) is 11.1 Å². The molecule has 0 aliphatic carbocycles. The molecule has 2 aromatic rings. The molecule has 26 heavy (non-hydrogen) atoms. The standard InChI is InChI=1S/C21H23N2O3/c1-21(2,3)26-20(25)23-14-13-15-9-7-8-12-17(15)18(23)19(24)22-16-10-5-4-6-11-16/h4-5,7-12,18H,13-14H2,1-3H3,(H,22,24). The van der Waals surface area contributed by atoms with Crippen LogP contribution in [0.4, 0.5) is 10.5 Å². The summed E-state index contributed by atoms with van der Waals surface area (Å²) >= 11 is 0. The molecule has 5 nitrogen and oxygen atoms in total. The Hall–Kier alpha value is -2.82. The first-order valence-corrected chi connectivity index (χ1v) is 8.69. The molecule has 1 unspecified atom stereocenters. The first-order valence-electron chi connectivity index (χ1n) is 8.69. The van der Waals surface area contributed by atoms with Crippen molar-refractivity contribution in [3.63, 3.8) is 0 Å². The number of nitrogens with one attached hydrogen (secondary N) is 1. The monoisotopic (exact) mass is 351 g/mol. The van der Waals surface area contributed by atoms with Crippen molar-refractivity contribution in [2.24, 2.45) is 0 Å². The molecular formula is C21H23N2O3. The second-order valence-electron chi connectivity index (χ2n) is 7.31. The summed E-state index contributed by atoms with van der Waals surface area (Å²) in [6.07, 6.45) is 0.213. The minimum atomic E-state index is -0.727. The summed E-state index contributed by atoms with van der Waals surface area (Å²) in [6, 6.07) is 17.0. The van der Waals surface area contributed by atoms with E-state index in [1.165, 1.54) is 4.90 Å². The Balaban J connectivity index is 1.91. The van der Waals surface area contributed by atoms with Crippen LogP contribution in [0.25, 0.3) is 0 Å². The number of amides is 2. The summed E-state index contributed by atoms with van der Waals surface area (Å²) in [5.74, 6) is -0.261. The Morgan fingerprint density at radius 1 is 1.19 bits per heavy atom. The molecule has 0 fully saturated rings. The Bertz CT molecular complexity index is 796. The summed E-state index contributed by atoms with van der Waals surface area (Å²) in [4.78, 5) is 27.3. The van der Waals surface area contributed by atoms with Gasteiger partial charge < -0.3 is 10.1 Å². The molecule has 1 aliphatic rings. The van der Waals surface area contributed by atoms with Crippen LogP contribution < -0.4 is 5.32 Å².